The molecule has 1 aliphatic carbocycles. The van der Waals surface area contributed by atoms with E-state index in [-0.39, 0.29) is 5.91 Å². The summed E-state index contributed by atoms with van der Waals surface area (Å²) in [5.41, 5.74) is 2.01. The van der Waals surface area contributed by atoms with Gasteiger partial charge in [-0.2, -0.15) is 0 Å². The minimum Gasteiger partial charge on any atom is -0.454 e. The van der Waals surface area contributed by atoms with Gasteiger partial charge in [-0.3, -0.25) is 4.79 Å². The number of benzene rings is 2. The Morgan fingerprint density at radius 2 is 1.73 bits per heavy atom. The summed E-state index contributed by atoms with van der Waals surface area (Å²) in [5, 5.41) is 3.86. The highest BCUT2D eigenvalue weighted by atomic mass is 35.5. The van der Waals surface area contributed by atoms with Crippen LogP contribution < -0.4 is 14.8 Å². The first kappa shape index (κ1) is 22.5. The molecule has 1 saturated carbocycles. The summed E-state index contributed by atoms with van der Waals surface area (Å²) in [6, 6.07) is 13.7. The molecule has 2 aromatic carbocycles. The second kappa shape index (κ2) is 10.4. The third kappa shape index (κ3) is 5.47. The van der Waals surface area contributed by atoms with Crippen molar-refractivity contribution in [1.82, 2.24) is 10.2 Å². The molecule has 33 heavy (non-hydrogen) atoms. The topological polar surface area (TPSA) is 50.8 Å². The van der Waals surface area contributed by atoms with Crippen LogP contribution in [-0.2, 0) is 0 Å². The molecule has 6 heteroatoms. The third-order valence-electron chi connectivity index (χ3n) is 7.60. The zero-order valence-corrected chi connectivity index (χ0v) is 19.9. The fourth-order valence-electron chi connectivity index (χ4n) is 5.57. The average Bonchev–Trinajstić information content (AvgIpc) is 3.34. The molecule has 1 N–H and O–H groups in total. The van der Waals surface area contributed by atoms with Crippen molar-refractivity contribution in [3.05, 3.63) is 58.6 Å². The highest BCUT2D eigenvalue weighted by molar-refractivity contribution is 6.30. The second-order valence-corrected chi connectivity index (χ2v) is 10.1. The Morgan fingerprint density at radius 3 is 2.48 bits per heavy atom. The van der Waals surface area contributed by atoms with Crippen LogP contribution in [0.25, 0.3) is 0 Å². The van der Waals surface area contributed by atoms with Gasteiger partial charge in [0.2, 0.25) is 6.79 Å². The fourth-order valence-corrected chi connectivity index (χ4v) is 5.70. The minimum absolute atomic E-state index is 0.0130. The largest absolute Gasteiger partial charge is 0.454 e. The molecule has 0 spiro atoms. The number of nitrogens with one attached hydrogen (secondary N) is 1. The van der Waals surface area contributed by atoms with Gasteiger partial charge in [0.25, 0.3) is 5.91 Å². The van der Waals surface area contributed by atoms with E-state index in [1.165, 1.54) is 44.2 Å². The lowest BCUT2D eigenvalue weighted by Gasteiger charge is -2.34. The SMILES string of the molecule is O=C(NC1CCC(CCN2CCC(c3cccc4c3OCO4)CC2)CC1)c1ccc(Cl)cc1. The molecule has 2 aromatic rings. The first-order chi connectivity index (χ1) is 16.2. The highest BCUT2D eigenvalue weighted by Crippen LogP contribution is 2.42. The molecule has 5 nitrogen and oxygen atoms in total. The van der Waals surface area contributed by atoms with E-state index in [1.54, 1.807) is 24.3 Å². The van der Waals surface area contributed by atoms with E-state index < -0.39 is 0 Å². The Hall–Kier alpha value is -2.24. The van der Waals surface area contributed by atoms with Crippen LogP contribution in [0.3, 0.4) is 0 Å². The molecule has 1 saturated heterocycles. The number of para-hydroxylation sites is 1. The lowest BCUT2D eigenvalue weighted by Crippen LogP contribution is -2.38. The van der Waals surface area contributed by atoms with Crippen LogP contribution in [0.5, 0.6) is 11.5 Å². The highest BCUT2D eigenvalue weighted by Gasteiger charge is 2.28. The van der Waals surface area contributed by atoms with E-state index in [2.05, 4.69) is 22.3 Å². The standard InChI is InChI=1S/C27H33ClN2O3/c28-22-8-6-21(7-9-22)27(31)29-23-10-4-19(5-11-23)12-15-30-16-13-20(14-17-30)24-2-1-3-25-26(24)33-18-32-25/h1-3,6-9,19-20,23H,4-5,10-18H2,(H,29,31). The Bertz CT molecular complexity index is 948. The van der Waals surface area contributed by atoms with Gasteiger partial charge in [-0.15, -0.1) is 0 Å². The third-order valence-corrected chi connectivity index (χ3v) is 7.85. The van der Waals surface area contributed by atoms with Crippen molar-refractivity contribution in [2.24, 2.45) is 5.92 Å². The maximum atomic E-state index is 12.5. The van der Waals surface area contributed by atoms with Crippen LogP contribution in [0.2, 0.25) is 5.02 Å². The number of piperidine rings is 1. The monoisotopic (exact) mass is 468 g/mol. The molecule has 2 fully saturated rings. The predicted octanol–water partition coefficient (Wildman–Crippen LogP) is 5.63. The first-order valence-corrected chi connectivity index (χ1v) is 12.7. The number of carbonyl (C=O) groups excluding carboxylic acids is 1. The van der Waals surface area contributed by atoms with Gasteiger partial charge in [0.05, 0.1) is 0 Å². The maximum absolute atomic E-state index is 12.5. The van der Waals surface area contributed by atoms with Crippen molar-refractivity contribution < 1.29 is 14.3 Å². The minimum atomic E-state index is 0.0130. The second-order valence-electron chi connectivity index (χ2n) is 9.68. The van der Waals surface area contributed by atoms with Gasteiger partial charge in [-0.05, 0) is 107 Å². The van der Waals surface area contributed by atoms with Crippen molar-refractivity contribution in [2.75, 3.05) is 26.4 Å². The fraction of sp³-hybridized carbons (Fsp3) is 0.519. The quantitative estimate of drug-likeness (QED) is 0.597. The summed E-state index contributed by atoms with van der Waals surface area (Å²) in [5.74, 6) is 3.22. The summed E-state index contributed by atoms with van der Waals surface area (Å²) in [6.45, 7) is 3.84. The number of ether oxygens (including phenoxy) is 2. The van der Waals surface area contributed by atoms with Gasteiger partial charge in [0.15, 0.2) is 11.5 Å². The Balaban J connectivity index is 1.02. The van der Waals surface area contributed by atoms with Crippen LogP contribution in [0.1, 0.15) is 66.8 Å². The molecular formula is C27H33ClN2O3. The summed E-state index contributed by atoms with van der Waals surface area (Å²) in [7, 11) is 0. The van der Waals surface area contributed by atoms with Crippen molar-refractivity contribution in [1.29, 1.82) is 0 Å². The van der Waals surface area contributed by atoms with Crippen molar-refractivity contribution >= 4 is 17.5 Å². The summed E-state index contributed by atoms with van der Waals surface area (Å²) >= 11 is 5.92. The summed E-state index contributed by atoms with van der Waals surface area (Å²) < 4.78 is 11.3. The van der Waals surface area contributed by atoms with Crippen molar-refractivity contribution in [2.45, 2.75) is 56.9 Å². The van der Waals surface area contributed by atoms with Crippen LogP contribution in [0.4, 0.5) is 0 Å². The van der Waals surface area contributed by atoms with Crippen LogP contribution in [-0.4, -0.2) is 43.3 Å². The van der Waals surface area contributed by atoms with Gasteiger partial charge < -0.3 is 19.7 Å². The zero-order valence-electron chi connectivity index (χ0n) is 19.1. The summed E-state index contributed by atoms with van der Waals surface area (Å²) in [6.07, 6.45) is 8.19. The molecule has 3 aliphatic rings. The lowest BCUT2D eigenvalue weighted by molar-refractivity contribution is 0.0919. The molecule has 2 aliphatic heterocycles. The molecule has 0 aromatic heterocycles. The number of nitrogens with zero attached hydrogens (tertiary/aromatic N) is 1. The van der Waals surface area contributed by atoms with Gasteiger partial charge in [-0.1, -0.05) is 23.7 Å². The number of rotatable bonds is 6. The van der Waals surface area contributed by atoms with Crippen LogP contribution >= 0.6 is 11.6 Å². The average molecular weight is 469 g/mol. The molecule has 176 valence electrons. The van der Waals surface area contributed by atoms with Gasteiger partial charge in [0.1, 0.15) is 0 Å². The van der Waals surface area contributed by atoms with E-state index in [1.807, 2.05) is 6.07 Å². The van der Waals surface area contributed by atoms with Crippen LogP contribution in [0, 0.1) is 5.92 Å². The smallest absolute Gasteiger partial charge is 0.251 e. The van der Waals surface area contributed by atoms with Gasteiger partial charge in [0, 0.05) is 22.2 Å². The molecule has 2 heterocycles. The van der Waals surface area contributed by atoms with Gasteiger partial charge in [-0.25, -0.2) is 0 Å². The predicted molar refractivity (Wildman–Crippen MR) is 130 cm³/mol. The number of carbonyl (C=O) groups is 1. The molecule has 0 radical (unpaired) electrons. The van der Waals surface area contributed by atoms with E-state index in [0.717, 1.165) is 43.3 Å². The number of hydrogen-bond acceptors (Lipinski definition) is 4. The maximum Gasteiger partial charge on any atom is 0.251 e. The molecular weight excluding hydrogens is 436 g/mol. The number of fused-ring (bicyclic) bond motifs is 1. The number of amides is 1. The first-order valence-electron chi connectivity index (χ1n) is 12.3. The Kier molecular flexibility index (Phi) is 7.07. The van der Waals surface area contributed by atoms with Gasteiger partial charge >= 0.3 is 0 Å². The number of halogens is 1. The normalized spacial score (nSPS) is 23.4. The number of likely N-dealkylation sites (tertiary alicyclic amines) is 1. The molecule has 0 bridgehead atoms. The molecule has 0 unspecified atom stereocenters. The van der Waals surface area contributed by atoms with Crippen molar-refractivity contribution in [3.8, 4) is 11.5 Å². The lowest BCUT2D eigenvalue weighted by atomic mass is 9.83. The van der Waals surface area contributed by atoms with E-state index >= 15 is 0 Å². The Labute approximate surface area is 201 Å². The molecule has 5 rings (SSSR count). The van der Waals surface area contributed by atoms with Crippen molar-refractivity contribution in [3.63, 3.8) is 0 Å². The number of hydrogen-bond donors (Lipinski definition) is 1. The molecule has 1 amide bonds. The molecule has 0 atom stereocenters. The Morgan fingerprint density at radius 1 is 0.970 bits per heavy atom. The van der Waals surface area contributed by atoms with E-state index in [9.17, 15) is 4.79 Å². The zero-order chi connectivity index (χ0) is 22.6. The van der Waals surface area contributed by atoms with Crippen LogP contribution in [0.15, 0.2) is 42.5 Å². The van der Waals surface area contributed by atoms with E-state index in [0.29, 0.717) is 29.3 Å². The summed E-state index contributed by atoms with van der Waals surface area (Å²) in [4.78, 5) is 15.1. The van der Waals surface area contributed by atoms with E-state index in [4.69, 9.17) is 21.1 Å².